The van der Waals surface area contributed by atoms with Crippen molar-refractivity contribution in [3.8, 4) is 17.0 Å². The van der Waals surface area contributed by atoms with Crippen molar-refractivity contribution >= 4 is 5.65 Å². The monoisotopic (exact) mass is 295 g/mol. The molecule has 3 aromatic rings. The van der Waals surface area contributed by atoms with E-state index in [0.717, 1.165) is 28.3 Å². The summed E-state index contributed by atoms with van der Waals surface area (Å²) >= 11 is 0. The molecule has 0 fully saturated rings. The van der Waals surface area contributed by atoms with Gasteiger partial charge in [0.2, 0.25) is 0 Å². The van der Waals surface area contributed by atoms with E-state index in [2.05, 4.69) is 36.8 Å². The van der Waals surface area contributed by atoms with Crippen molar-refractivity contribution in [2.24, 2.45) is 0 Å². The molecule has 0 bridgehead atoms. The zero-order valence-electron chi connectivity index (χ0n) is 13.7. The van der Waals surface area contributed by atoms with Gasteiger partial charge in [-0.15, -0.1) is 0 Å². The Morgan fingerprint density at radius 3 is 2.55 bits per heavy atom. The molecular weight excluding hydrogens is 274 g/mol. The Balaban J connectivity index is 2.29. The minimum absolute atomic E-state index is 0.0477. The minimum atomic E-state index is 0.0477. The van der Waals surface area contributed by atoms with Crippen LogP contribution in [0.5, 0.6) is 5.75 Å². The van der Waals surface area contributed by atoms with Gasteiger partial charge < -0.3 is 5.11 Å². The molecule has 0 radical (unpaired) electrons. The van der Waals surface area contributed by atoms with Crippen LogP contribution in [-0.2, 0) is 5.41 Å². The van der Waals surface area contributed by atoms with Crippen LogP contribution in [0.3, 0.4) is 0 Å². The fourth-order valence-electron chi connectivity index (χ4n) is 2.59. The number of pyridine rings is 2. The first-order valence-electron chi connectivity index (χ1n) is 7.42. The molecule has 0 atom stereocenters. The summed E-state index contributed by atoms with van der Waals surface area (Å²) in [6.45, 7) is 10.5. The van der Waals surface area contributed by atoms with E-state index in [0.29, 0.717) is 0 Å². The Hall–Kier alpha value is -2.36. The highest BCUT2D eigenvalue weighted by Crippen LogP contribution is 2.31. The largest absolute Gasteiger partial charge is 0.506 e. The molecule has 0 saturated carbocycles. The smallest absolute Gasteiger partial charge is 0.146 e. The fourth-order valence-corrected chi connectivity index (χ4v) is 2.59. The second-order valence-corrected chi connectivity index (χ2v) is 6.77. The average Bonchev–Trinajstić information content (AvgIpc) is 2.73. The molecule has 4 nitrogen and oxygen atoms in total. The average molecular weight is 295 g/mol. The van der Waals surface area contributed by atoms with E-state index in [4.69, 9.17) is 0 Å². The summed E-state index contributed by atoms with van der Waals surface area (Å²) < 4.78 is 1.92. The number of aryl methyl sites for hydroxylation is 2. The van der Waals surface area contributed by atoms with Gasteiger partial charge in [-0.2, -0.15) is 0 Å². The van der Waals surface area contributed by atoms with Crippen LogP contribution in [0.2, 0.25) is 0 Å². The van der Waals surface area contributed by atoms with Gasteiger partial charge in [-0.3, -0.25) is 9.38 Å². The Morgan fingerprint density at radius 2 is 1.86 bits per heavy atom. The minimum Gasteiger partial charge on any atom is -0.506 e. The number of imidazole rings is 1. The third kappa shape index (κ3) is 2.34. The van der Waals surface area contributed by atoms with Crippen molar-refractivity contribution in [1.29, 1.82) is 0 Å². The molecule has 0 unspecified atom stereocenters. The van der Waals surface area contributed by atoms with Crippen LogP contribution in [0.4, 0.5) is 0 Å². The van der Waals surface area contributed by atoms with Crippen LogP contribution in [-0.4, -0.2) is 19.5 Å². The quantitative estimate of drug-likeness (QED) is 0.737. The maximum atomic E-state index is 10.1. The van der Waals surface area contributed by atoms with Gasteiger partial charge in [0.25, 0.3) is 0 Å². The second-order valence-electron chi connectivity index (χ2n) is 6.77. The predicted molar refractivity (Wildman–Crippen MR) is 88.3 cm³/mol. The molecule has 1 N–H and O–H groups in total. The van der Waals surface area contributed by atoms with Gasteiger partial charge >= 0.3 is 0 Å². The molecule has 3 heterocycles. The Labute approximate surface area is 130 Å². The summed E-state index contributed by atoms with van der Waals surface area (Å²) in [5.74, 6) is 0.214. The van der Waals surface area contributed by atoms with Crippen LogP contribution in [0, 0.1) is 13.8 Å². The fraction of sp³-hybridized carbons (Fsp3) is 0.333. The molecule has 3 rings (SSSR count). The second kappa shape index (κ2) is 4.83. The summed E-state index contributed by atoms with van der Waals surface area (Å²) in [7, 11) is 0. The van der Waals surface area contributed by atoms with Crippen molar-refractivity contribution in [3.63, 3.8) is 0 Å². The highest BCUT2D eigenvalue weighted by atomic mass is 16.3. The maximum absolute atomic E-state index is 10.1. The number of aromatic hydroxyl groups is 1. The van der Waals surface area contributed by atoms with Gasteiger partial charge in [0.1, 0.15) is 11.4 Å². The van der Waals surface area contributed by atoms with E-state index in [9.17, 15) is 5.11 Å². The van der Waals surface area contributed by atoms with Crippen molar-refractivity contribution in [2.75, 3.05) is 0 Å². The number of aromatic nitrogens is 3. The van der Waals surface area contributed by atoms with Crippen LogP contribution < -0.4 is 0 Å². The van der Waals surface area contributed by atoms with E-state index in [1.807, 2.05) is 30.5 Å². The first-order valence-corrected chi connectivity index (χ1v) is 7.42. The van der Waals surface area contributed by atoms with Gasteiger partial charge in [0.15, 0.2) is 0 Å². The molecule has 0 aliphatic heterocycles. The molecular formula is C18H21N3O. The highest BCUT2D eigenvalue weighted by molar-refractivity contribution is 5.77. The number of fused-ring (bicyclic) bond motifs is 1. The SMILES string of the molecule is Cc1nc2c(-c3cc(C(C)(C)C)ccn3)cc(O)cn2c1C. The van der Waals surface area contributed by atoms with E-state index in [1.54, 1.807) is 12.3 Å². The van der Waals surface area contributed by atoms with Crippen LogP contribution in [0.15, 0.2) is 30.6 Å². The molecule has 0 spiro atoms. The predicted octanol–water partition coefficient (Wildman–Crippen LogP) is 4.02. The van der Waals surface area contributed by atoms with Crippen LogP contribution in [0.25, 0.3) is 16.9 Å². The topological polar surface area (TPSA) is 50.4 Å². The van der Waals surface area contributed by atoms with Gasteiger partial charge in [-0.05, 0) is 43.0 Å². The third-order valence-electron chi connectivity index (χ3n) is 4.08. The molecule has 0 saturated heterocycles. The lowest BCUT2D eigenvalue weighted by Gasteiger charge is -2.19. The zero-order chi connectivity index (χ0) is 16.1. The molecule has 3 aromatic heterocycles. The van der Waals surface area contributed by atoms with Crippen LogP contribution >= 0.6 is 0 Å². The van der Waals surface area contributed by atoms with Crippen molar-refractivity contribution in [3.05, 3.63) is 47.5 Å². The molecule has 0 aliphatic rings. The lowest BCUT2D eigenvalue weighted by molar-refractivity contribution is 0.472. The number of hydrogen-bond donors (Lipinski definition) is 1. The first-order chi connectivity index (χ1) is 10.3. The van der Waals surface area contributed by atoms with E-state index in [-0.39, 0.29) is 11.2 Å². The number of hydrogen-bond acceptors (Lipinski definition) is 3. The molecule has 114 valence electrons. The molecule has 0 amide bonds. The van der Waals surface area contributed by atoms with Crippen molar-refractivity contribution < 1.29 is 5.11 Å². The summed E-state index contributed by atoms with van der Waals surface area (Å²) in [5.41, 5.74) is 5.75. The standard InChI is InChI=1S/C18H21N3O/c1-11-12(2)21-10-14(22)9-15(17(21)20-11)16-8-13(6-7-19-16)18(3,4)5/h6-10,22H,1-5H3. The molecule has 0 aliphatic carbocycles. The Morgan fingerprint density at radius 1 is 1.14 bits per heavy atom. The number of nitrogens with zero attached hydrogens (tertiary/aromatic N) is 3. The Kier molecular flexibility index (Phi) is 3.20. The molecule has 22 heavy (non-hydrogen) atoms. The summed E-state index contributed by atoms with van der Waals surface area (Å²) in [4.78, 5) is 9.12. The summed E-state index contributed by atoms with van der Waals surface area (Å²) in [5, 5.41) is 10.1. The van der Waals surface area contributed by atoms with Gasteiger partial charge in [-0.25, -0.2) is 4.98 Å². The zero-order valence-corrected chi connectivity index (χ0v) is 13.7. The third-order valence-corrected chi connectivity index (χ3v) is 4.08. The first kappa shape index (κ1) is 14.6. The number of rotatable bonds is 1. The summed E-state index contributed by atoms with van der Waals surface area (Å²) in [6, 6.07) is 5.84. The summed E-state index contributed by atoms with van der Waals surface area (Å²) in [6.07, 6.45) is 3.51. The van der Waals surface area contributed by atoms with E-state index >= 15 is 0 Å². The lowest BCUT2D eigenvalue weighted by Crippen LogP contribution is -2.11. The van der Waals surface area contributed by atoms with E-state index < -0.39 is 0 Å². The van der Waals surface area contributed by atoms with Gasteiger partial charge in [-0.1, -0.05) is 20.8 Å². The maximum Gasteiger partial charge on any atom is 0.146 e. The van der Waals surface area contributed by atoms with Crippen LogP contribution in [0.1, 0.15) is 37.7 Å². The lowest BCUT2D eigenvalue weighted by atomic mass is 9.87. The van der Waals surface area contributed by atoms with Gasteiger partial charge in [0.05, 0.1) is 17.6 Å². The Bertz CT molecular complexity index is 857. The van der Waals surface area contributed by atoms with Crippen molar-refractivity contribution in [2.45, 2.75) is 40.0 Å². The highest BCUT2D eigenvalue weighted by Gasteiger charge is 2.17. The normalized spacial score (nSPS) is 12.0. The molecule has 4 heteroatoms. The van der Waals surface area contributed by atoms with E-state index in [1.165, 1.54) is 5.56 Å². The molecule has 0 aromatic carbocycles. The van der Waals surface area contributed by atoms with Gasteiger partial charge in [0, 0.05) is 17.5 Å². The van der Waals surface area contributed by atoms with Crippen molar-refractivity contribution in [1.82, 2.24) is 14.4 Å².